The van der Waals surface area contributed by atoms with Crippen molar-refractivity contribution in [3.8, 4) is 0 Å². The molecule has 0 aromatic heterocycles. The summed E-state index contributed by atoms with van der Waals surface area (Å²) in [7, 11) is -0.999. The van der Waals surface area contributed by atoms with Crippen LogP contribution in [-0.4, -0.2) is 44.5 Å². The number of nitrogen functional groups attached to an aromatic ring is 1. The number of hydrogen-bond acceptors (Lipinski definition) is 6. The zero-order chi connectivity index (χ0) is 16.4. The molecule has 0 heterocycles. The van der Waals surface area contributed by atoms with Crippen LogP contribution in [0.1, 0.15) is 12.5 Å². The van der Waals surface area contributed by atoms with Crippen molar-refractivity contribution in [3.63, 3.8) is 0 Å². The molecule has 0 fully saturated rings. The third-order valence-electron chi connectivity index (χ3n) is 3.21. The Bertz CT molecular complexity index is 645. The largest absolute Gasteiger partial charge is 0.393 e. The van der Waals surface area contributed by atoms with E-state index in [-0.39, 0.29) is 17.2 Å². The lowest BCUT2D eigenvalue weighted by molar-refractivity contribution is -0.384. The van der Waals surface area contributed by atoms with Gasteiger partial charge >= 0.3 is 0 Å². The first kappa shape index (κ1) is 17.3. The molecule has 0 spiro atoms. The summed E-state index contributed by atoms with van der Waals surface area (Å²) < 4.78 is 31.2. The maximum Gasteiger partial charge on any atom is 0.293 e. The molecular weight excluding hydrogens is 298 g/mol. The lowest BCUT2D eigenvalue weighted by Gasteiger charge is -2.24. The van der Waals surface area contributed by atoms with E-state index < -0.39 is 26.7 Å². The molecule has 1 unspecified atom stereocenters. The Hall–Kier alpha value is -1.71. The second-order valence-electron chi connectivity index (χ2n) is 4.76. The smallest absolute Gasteiger partial charge is 0.293 e. The fraction of sp³-hybridized carbons (Fsp3) is 0.500. The van der Waals surface area contributed by atoms with Gasteiger partial charge in [0.2, 0.25) is 10.0 Å². The topological polar surface area (TPSA) is 116 Å². The third-order valence-corrected chi connectivity index (χ3v) is 5.32. The average Bonchev–Trinajstić information content (AvgIpc) is 2.37. The maximum absolute atomic E-state index is 12.6. The van der Waals surface area contributed by atoms with Gasteiger partial charge in [0, 0.05) is 26.3 Å². The van der Waals surface area contributed by atoms with Gasteiger partial charge in [0.05, 0.1) is 16.4 Å². The van der Waals surface area contributed by atoms with Crippen LogP contribution in [0, 0.1) is 17.0 Å². The van der Waals surface area contributed by atoms with Crippen molar-refractivity contribution >= 4 is 21.4 Å². The number of hydrogen-bond donors (Lipinski definition) is 1. The van der Waals surface area contributed by atoms with E-state index in [0.717, 1.165) is 10.4 Å². The van der Waals surface area contributed by atoms with E-state index in [9.17, 15) is 18.5 Å². The summed E-state index contributed by atoms with van der Waals surface area (Å²) in [6.45, 7) is 3.44. The number of likely N-dealkylation sites (N-methyl/N-ethyl adjacent to an activating group) is 1. The van der Waals surface area contributed by atoms with E-state index in [0.29, 0.717) is 5.56 Å². The molecule has 118 valence electrons. The summed E-state index contributed by atoms with van der Waals surface area (Å²) in [5, 5.41) is 10.9. The van der Waals surface area contributed by atoms with Gasteiger partial charge in [-0.1, -0.05) is 0 Å². The molecule has 1 rings (SSSR count). The Kier molecular flexibility index (Phi) is 5.26. The van der Waals surface area contributed by atoms with Crippen molar-refractivity contribution in [3.05, 3.63) is 27.8 Å². The van der Waals surface area contributed by atoms with Crippen molar-refractivity contribution < 1.29 is 18.1 Å². The standard InChI is InChI=1S/C12H19N3O5S/c1-8-5-10(13)11(15(16)17)6-12(8)21(18,19)14(3)9(2)7-20-4/h5-6,9H,7,13H2,1-4H3. The lowest BCUT2D eigenvalue weighted by Crippen LogP contribution is -2.38. The average molecular weight is 317 g/mol. The fourth-order valence-electron chi connectivity index (χ4n) is 1.87. The minimum Gasteiger partial charge on any atom is -0.393 e. The molecular formula is C12H19N3O5S. The first-order valence-corrected chi connectivity index (χ1v) is 7.58. The molecule has 1 aromatic carbocycles. The highest BCUT2D eigenvalue weighted by molar-refractivity contribution is 7.89. The maximum atomic E-state index is 12.6. The zero-order valence-electron chi connectivity index (χ0n) is 12.4. The summed E-state index contributed by atoms with van der Waals surface area (Å²) in [6, 6.07) is 1.88. The monoisotopic (exact) mass is 317 g/mol. The highest BCUT2D eigenvalue weighted by Gasteiger charge is 2.29. The van der Waals surface area contributed by atoms with Crippen molar-refractivity contribution in [1.29, 1.82) is 0 Å². The summed E-state index contributed by atoms with van der Waals surface area (Å²) in [5.74, 6) is 0. The number of nitro groups is 1. The Morgan fingerprint density at radius 2 is 2.05 bits per heavy atom. The quantitative estimate of drug-likeness (QED) is 0.478. The molecule has 0 aliphatic rings. The van der Waals surface area contributed by atoms with Crippen LogP contribution < -0.4 is 5.73 Å². The van der Waals surface area contributed by atoms with Crippen molar-refractivity contribution in [2.24, 2.45) is 0 Å². The van der Waals surface area contributed by atoms with Crippen LogP contribution in [0.25, 0.3) is 0 Å². The van der Waals surface area contributed by atoms with E-state index in [1.807, 2.05) is 0 Å². The minimum atomic E-state index is -3.87. The van der Waals surface area contributed by atoms with E-state index >= 15 is 0 Å². The number of ether oxygens (including phenoxy) is 1. The molecule has 0 radical (unpaired) electrons. The zero-order valence-corrected chi connectivity index (χ0v) is 13.2. The summed E-state index contributed by atoms with van der Waals surface area (Å²) in [5.41, 5.74) is 5.41. The van der Waals surface area contributed by atoms with Gasteiger partial charge in [-0.3, -0.25) is 10.1 Å². The van der Waals surface area contributed by atoms with Gasteiger partial charge in [0.1, 0.15) is 5.69 Å². The number of anilines is 1. The molecule has 0 aliphatic carbocycles. The van der Waals surface area contributed by atoms with Crippen molar-refractivity contribution in [2.45, 2.75) is 24.8 Å². The number of aryl methyl sites for hydroxylation is 1. The summed E-state index contributed by atoms with van der Waals surface area (Å²) in [4.78, 5) is 10.1. The van der Waals surface area contributed by atoms with Crippen molar-refractivity contribution in [2.75, 3.05) is 26.5 Å². The molecule has 2 N–H and O–H groups in total. The second kappa shape index (κ2) is 6.37. The number of nitro benzene ring substituents is 1. The fourth-order valence-corrected chi connectivity index (χ4v) is 3.45. The van der Waals surface area contributed by atoms with Crippen molar-refractivity contribution in [1.82, 2.24) is 4.31 Å². The van der Waals surface area contributed by atoms with Gasteiger partial charge in [-0.25, -0.2) is 8.42 Å². The number of nitrogens with zero attached hydrogens (tertiary/aromatic N) is 2. The highest BCUT2D eigenvalue weighted by Crippen LogP contribution is 2.30. The predicted octanol–water partition coefficient (Wildman–Crippen LogP) is 1.14. The van der Waals surface area contributed by atoms with Gasteiger partial charge < -0.3 is 10.5 Å². The SMILES string of the molecule is COCC(C)N(C)S(=O)(=O)c1cc([N+](=O)[O-])c(N)cc1C. The van der Waals surface area contributed by atoms with Gasteiger partial charge in [0.15, 0.2) is 0 Å². The molecule has 1 aromatic rings. The molecule has 0 aliphatic heterocycles. The third kappa shape index (κ3) is 3.49. The molecule has 0 amide bonds. The van der Waals surface area contributed by atoms with Crippen LogP contribution in [0.15, 0.2) is 17.0 Å². The molecule has 0 saturated carbocycles. The highest BCUT2D eigenvalue weighted by atomic mass is 32.2. The number of sulfonamides is 1. The molecule has 1 atom stereocenters. The van der Waals surface area contributed by atoms with Gasteiger partial charge in [-0.05, 0) is 25.5 Å². The van der Waals surface area contributed by atoms with E-state index in [1.54, 1.807) is 13.8 Å². The Morgan fingerprint density at radius 1 is 1.48 bits per heavy atom. The molecule has 8 nitrogen and oxygen atoms in total. The van der Waals surface area contributed by atoms with Crippen LogP contribution >= 0.6 is 0 Å². The van der Waals surface area contributed by atoms with E-state index in [4.69, 9.17) is 10.5 Å². The Balaban J connectivity index is 3.38. The first-order chi connectivity index (χ1) is 9.62. The van der Waals surface area contributed by atoms with Gasteiger partial charge in [-0.15, -0.1) is 0 Å². The molecule has 0 saturated heterocycles. The number of methoxy groups -OCH3 is 1. The number of nitrogens with two attached hydrogens (primary N) is 1. The molecule has 9 heteroatoms. The van der Waals surface area contributed by atoms with E-state index in [1.165, 1.54) is 20.2 Å². The number of benzene rings is 1. The summed E-state index contributed by atoms with van der Waals surface area (Å²) in [6.07, 6.45) is 0. The van der Waals surface area contributed by atoms with Crippen LogP contribution in [-0.2, 0) is 14.8 Å². The minimum absolute atomic E-state index is 0.0657. The van der Waals surface area contributed by atoms with Crippen LogP contribution in [0.5, 0.6) is 0 Å². The second-order valence-corrected chi connectivity index (χ2v) is 6.73. The summed E-state index contributed by atoms with van der Waals surface area (Å²) >= 11 is 0. The van der Waals surface area contributed by atoms with Gasteiger partial charge in [0.25, 0.3) is 5.69 Å². The van der Waals surface area contributed by atoms with Gasteiger partial charge in [-0.2, -0.15) is 4.31 Å². The van der Waals surface area contributed by atoms with E-state index in [2.05, 4.69) is 0 Å². The normalized spacial score (nSPS) is 13.4. The molecule has 21 heavy (non-hydrogen) atoms. The van der Waals surface area contributed by atoms with Crippen LogP contribution in [0.3, 0.4) is 0 Å². The number of rotatable bonds is 6. The lowest BCUT2D eigenvalue weighted by atomic mass is 10.2. The Labute approximate surface area is 123 Å². The first-order valence-electron chi connectivity index (χ1n) is 6.14. The predicted molar refractivity (Wildman–Crippen MR) is 78.5 cm³/mol. The Morgan fingerprint density at radius 3 is 2.52 bits per heavy atom. The van der Waals surface area contributed by atoms with Crippen LogP contribution in [0.2, 0.25) is 0 Å². The molecule has 0 bridgehead atoms. The van der Waals surface area contributed by atoms with Crippen LogP contribution in [0.4, 0.5) is 11.4 Å².